The molecule has 0 atom stereocenters. The number of aromatic nitrogens is 3. The lowest BCUT2D eigenvalue weighted by molar-refractivity contribution is -0.141. The summed E-state index contributed by atoms with van der Waals surface area (Å²) < 4.78 is 58.5. The molecule has 18 heteroatoms. The van der Waals surface area contributed by atoms with E-state index in [4.69, 9.17) is 19.3 Å². The van der Waals surface area contributed by atoms with E-state index in [9.17, 15) is 32.3 Å². The Labute approximate surface area is 326 Å². The van der Waals surface area contributed by atoms with Crippen LogP contribution in [0.25, 0.3) is 10.9 Å². The van der Waals surface area contributed by atoms with E-state index in [0.717, 1.165) is 50.0 Å². The SMILES string of the molecule is COc1cc2nn(C3CCN(CCOC4CCN(C(=O)c5ccc(OC)c(N6CCC(=O)NC6=O)c5)CC4)CC3)cc2cc1NC(=O)c1cccc(C(F)(F)F)n1. The highest BCUT2D eigenvalue weighted by atomic mass is 19.4. The van der Waals surface area contributed by atoms with Crippen LogP contribution in [0.3, 0.4) is 0 Å². The molecule has 302 valence electrons. The third-order valence-corrected chi connectivity index (χ3v) is 10.6. The molecule has 4 aromatic rings. The Kier molecular flexibility index (Phi) is 11.6. The van der Waals surface area contributed by atoms with Crippen molar-refractivity contribution in [3.05, 3.63) is 71.7 Å². The molecular weight excluding hydrogens is 749 g/mol. The first kappa shape index (κ1) is 39.5. The molecule has 0 spiro atoms. The van der Waals surface area contributed by atoms with Gasteiger partial charge in [-0.2, -0.15) is 18.3 Å². The number of methoxy groups -OCH3 is 2. The summed E-state index contributed by atoms with van der Waals surface area (Å²) >= 11 is 0. The summed E-state index contributed by atoms with van der Waals surface area (Å²) in [5.74, 6) is -0.531. The summed E-state index contributed by atoms with van der Waals surface area (Å²) in [6.45, 7) is 4.33. The summed E-state index contributed by atoms with van der Waals surface area (Å²) in [5.41, 5.74) is 0.294. The van der Waals surface area contributed by atoms with Gasteiger partial charge in [-0.3, -0.25) is 29.3 Å². The number of ether oxygens (including phenoxy) is 3. The largest absolute Gasteiger partial charge is 0.495 e. The molecule has 0 radical (unpaired) electrons. The van der Waals surface area contributed by atoms with Gasteiger partial charge in [0.2, 0.25) is 5.91 Å². The molecule has 15 nitrogen and oxygen atoms in total. The van der Waals surface area contributed by atoms with Crippen LogP contribution in [0.1, 0.15) is 64.7 Å². The van der Waals surface area contributed by atoms with Crippen molar-refractivity contribution in [3.8, 4) is 11.5 Å². The van der Waals surface area contributed by atoms with Gasteiger partial charge in [0.05, 0.1) is 49.9 Å². The zero-order chi connectivity index (χ0) is 40.3. The van der Waals surface area contributed by atoms with Crippen molar-refractivity contribution in [2.45, 2.75) is 50.4 Å². The highest BCUT2D eigenvalue weighted by Gasteiger charge is 2.33. The van der Waals surface area contributed by atoms with E-state index >= 15 is 0 Å². The summed E-state index contributed by atoms with van der Waals surface area (Å²) in [6.07, 6.45) is 0.564. The molecule has 3 aliphatic rings. The molecule has 2 aromatic carbocycles. The lowest BCUT2D eigenvalue weighted by Gasteiger charge is -2.34. The molecule has 7 rings (SSSR count). The van der Waals surface area contributed by atoms with Crippen molar-refractivity contribution in [2.75, 3.05) is 70.3 Å². The van der Waals surface area contributed by atoms with Gasteiger partial charge >= 0.3 is 12.2 Å². The highest BCUT2D eigenvalue weighted by Crippen LogP contribution is 2.34. The summed E-state index contributed by atoms with van der Waals surface area (Å²) in [4.78, 5) is 59.5. The van der Waals surface area contributed by atoms with Crippen molar-refractivity contribution < 1.29 is 46.6 Å². The third-order valence-electron chi connectivity index (χ3n) is 10.6. The van der Waals surface area contributed by atoms with Crippen molar-refractivity contribution in [1.82, 2.24) is 29.9 Å². The molecule has 2 aromatic heterocycles. The molecule has 0 aliphatic carbocycles. The summed E-state index contributed by atoms with van der Waals surface area (Å²) in [7, 11) is 2.92. The number of hydrogen-bond acceptors (Lipinski definition) is 10. The van der Waals surface area contributed by atoms with Crippen LogP contribution in [-0.2, 0) is 15.7 Å². The molecule has 5 heterocycles. The second-order valence-electron chi connectivity index (χ2n) is 14.2. The van der Waals surface area contributed by atoms with Gasteiger partial charge in [-0.25, -0.2) is 9.78 Å². The maximum absolute atomic E-state index is 13.4. The maximum Gasteiger partial charge on any atom is 0.433 e. The van der Waals surface area contributed by atoms with Crippen molar-refractivity contribution >= 4 is 46.0 Å². The molecule has 2 N–H and O–H groups in total. The Morgan fingerprint density at radius 2 is 1.68 bits per heavy atom. The zero-order valence-corrected chi connectivity index (χ0v) is 31.5. The number of carbonyl (C=O) groups excluding carboxylic acids is 4. The number of nitrogens with zero attached hydrogens (tertiary/aromatic N) is 6. The van der Waals surface area contributed by atoms with Crippen LogP contribution in [0.5, 0.6) is 11.5 Å². The second-order valence-corrected chi connectivity index (χ2v) is 14.2. The number of nitrogens with one attached hydrogen (secondary N) is 2. The van der Waals surface area contributed by atoms with Crippen LogP contribution in [0.15, 0.2) is 54.7 Å². The number of amides is 5. The smallest absolute Gasteiger partial charge is 0.433 e. The number of fused-ring (bicyclic) bond motifs is 1. The quantitative estimate of drug-likeness (QED) is 0.209. The Morgan fingerprint density at radius 1 is 0.930 bits per heavy atom. The number of rotatable bonds is 11. The number of likely N-dealkylation sites (tertiary alicyclic amines) is 2. The van der Waals surface area contributed by atoms with Crippen LogP contribution in [0, 0.1) is 0 Å². The first-order valence-corrected chi connectivity index (χ1v) is 18.7. The van der Waals surface area contributed by atoms with Gasteiger partial charge in [0.25, 0.3) is 11.8 Å². The number of urea groups is 1. The minimum Gasteiger partial charge on any atom is -0.495 e. The van der Waals surface area contributed by atoms with E-state index in [-0.39, 0.29) is 48.3 Å². The number of imide groups is 1. The molecule has 3 fully saturated rings. The van der Waals surface area contributed by atoms with E-state index in [1.165, 1.54) is 25.2 Å². The van der Waals surface area contributed by atoms with Gasteiger partial charge in [-0.15, -0.1) is 0 Å². The Balaban J connectivity index is 0.868. The molecule has 3 saturated heterocycles. The molecule has 5 amide bonds. The second kappa shape index (κ2) is 16.8. The van der Waals surface area contributed by atoms with Gasteiger partial charge in [-0.1, -0.05) is 6.07 Å². The molecule has 0 saturated carbocycles. The molecule has 3 aliphatic heterocycles. The molecule has 57 heavy (non-hydrogen) atoms. The lowest BCUT2D eigenvalue weighted by atomic mass is 10.0. The highest BCUT2D eigenvalue weighted by molar-refractivity contribution is 6.07. The lowest BCUT2D eigenvalue weighted by Crippen LogP contribution is -2.49. The number of pyridine rings is 1. The average Bonchev–Trinajstić information content (AvgIpc) is 3.63. The normalized spacial score (nSPS) is 17.5. The van der Waals surface area contributed by atoms with Gasteiger partial charge in [0.1, 0.15) is 22.9 Å². The van der Waals surface area contributed by atoms with Crippen molar-refractivity contribution in [3.63, 3.8) is 0 Å². The first-order chi connectivity index (χ1) is 27.4. The average molecular weight is 793 g/mol. The predicted octanol–water partition coefficient (Wildman–Crippen LogP) is 5.12. The number of piperidine rings is 2. The monoisotopic (exact) mass is 792 g/mol. The third kappa shape index (κ3) is 8.96. The van der Waals surface area contributed by atoms with E-state index in [1.807, 2.05) is 10.9 Å². The zero-order valence-electron chi connectivity index (χ0n) is 31.5. The number of hydrogen-bond donors (Lipinski definition) is 2. The van der Waals surface area contributed by atoms with Gasteiger partial charge in [0.15, 0.2) is 0 Å². The molecule has 0 unspecified atom stereocenters. The van der Waals surface area contributed by atoms with Crippen LogP contribution in [0.4, 0.5) is 29.3 Å². The van der Waals surface area contributed by atoms with Crippen LogP contribution < -0.4 is 25.0 Å². The van der Waals surface area contributed by atoms with E-state index in [2.05, 4.69) is 20.5 Å². The number of benzene rings is 2. The van der Waals surface area contributed by atoms with Crippen LogP contribution >= 0.6 is 0 Å². The molecule has 0 bridgehead atoms. The van der Waals surface area contributed by atoms with Crippen LogP contribution in [-0.4, -0.2) is 115 Å². The fourth-order valence-electron chi connectivity index (χ4n) is 7.42. The van der Waals surface area contributed by atoms with Crippen LogP contribution in [0.2, 0.25) is 0 Å². The first-order valence-electron chi connectivity index (χ1n) is 18.7. The topological polar surface area (TPSA) is 160 Å². The Morgan fingerprint density at radius 3 is 2.39 bits per heavy atom. The summed E-state index contributed by atoms with van der Waals surface area (Å²) in [6, 6.07) is 11.1. The van der Waals surface area contributed by atoms with E-state index in [1.54, 1.807) is 35.2 Å². The Bertz CT molecular complexity index is 2150. The number of alkyl halides is 3. The van der Waals surface area contributed by atoms with E-state index in [0.29, 0.717) is 60.8 Å². The minimum absolute atomic E-state index is 0.0390. The fourth-order valence-corrected chi connectivity index (χ4v) is 7.42. The minimum atomic E-state index is -4.68. The number of anilines is 2. The van der Waals surface area contributed by atoms with E-state index < -0.39 is 23.8 Å². The summed E-state index contributed by atoms with van der Waals surface area (Å²) in [5, 5.41) is 10.4. The van der Waals surface area contributed by atoms with Gasteiger partial charge in [0, 0.05) is 68.9 Å². The molecular formula is C39H43F3N8O7. The number of halogens is 3. The van der Waals surface area contributed by atoms with Gasteiger partial charge < -0.3 is 29.3 Å². The number of carbonyl (C=O) groups is 4. The predicted molar refractivity (Wildman–Crippen MR) is 202 cm³/mol. The maximum atomic E-state index is 13.4. The standard InChI is InChI=1S/C39H43F3N8O7/c1-55-32-7-6-24(21-31(32)49-17-12-35(51)45-38(49)54)37(53)48-15-10-27(11-16-48)57-19-18-47-13-8-26(9-14-47)50-23-25-20-30(33(56-2)22-29(25)46-50)44-36(52)28-4-3-5-34(43-28)39(40,41)42/h3-7,20-23,26-27H,8-19H2,1-2H3,(H,44,52)(H,45,51,54). The van der Waals surface area contributed by atoms with Crippen molar-refractivity contribution in [1.29, 1.82) is 0 Å². The fraction of sp³-hybridized carbons (Fsp3) is 0.436. The Hall–Kier alpha value is -5.75. The van der Waals surface area contributed by atoms with Gasteiger partial charge in [-0.05, 0) is 62.1 Å². The van der Waals surface area contributed by atoms with Crippen molar-refractivity contribution in [2.24, 2.45) is 0 Å².